The molecule has 0 amide bonds. The van der Waals surface area contributed by atoms with Crippen molar-refractivity contribution >= 4 is 17.4 Å². The highest BCUT2D eigenvalue weighted by atomic mass is 35.5. The molecule has 1 saturated carbocycles. The highest BCUT2D eigenvalue weighted by Crippen LogP contribution is 2.37. The second-order valence-corrected chi connectivity index (χ2v) is 3.97. The molecule has 2 nitrogen and oxygen atoms in total. The summed E-state index contributed by atoms with van der Waals surface area (Å²) >= 11 is 6.10. The SMILES string of the molecule is [2H]C1([2H])CC(=O)C(NC([2H])([2H])[2H])(c2ccccc2Cl)C([2H])([2H])C1. The molecule has 1 N–H and O–H groups in total. The van der Waals surface area contributed by atoms with Crippen molar-refractivity contribution in [3.63, 3.8) is 0 Å². The zero-order chi connectivity index (χ0) is 17.7. The first-order chi connectivity index (χ1) is 10.3. The highest BCUT2D eigenvalue weighted by Gasteiger charge is 2.40. The topological polar surface area (TPSA) is 29.1 Å². The maximum absolute atomic E-state index is 12.7. The number of benzene rings is 1. The summed E-state index contributed by atoms with van der Waals surface area (Å²) in [7, 11) is 0. The fourth-order valence-electron chi connectivity index (χ4n) is 1.79. The van der Waals surface area contributed by atoms with Gasteiger partial charge in [-0.15, -0.1) is 0 Å². The van der Waals surface area contributed by atoms with Gasteiger partial charge in [-0.05, 0) is 31.4 Å². The predicted molar refractivity (Wildman–Crippen MR) is 65.7 cm³/mol. The first-order valence-corrected chi connectivity index (χ1v) is 5.26. The van der Waals surface area contributed by atoms with Gasteiger partial charge >= 0.3 is 0 Å². The lowest BCUT2D eigenvalue weighted by Gasteiger charge is -2.36. The standard InChI is InChI=1S/C13H16ClNO/c1-15-13(9-5-4-8-12(13)16)10-6-2-3-7-11(10)14/h2-3,6-7,15H,4-5,8-9H2,1H3/i1D3,4D2,9D2. The van der Waals surface area contributed by atoms with E-state index in [9.17, 15) is 4.79 Å². The van der Waals surface area contributed by atoms with Gasteiger partial charge in [-0.25, -0.2) is 0 Å². The molecule has 16 heavy (non-hydrogen) atoms. The highest BCUT2D eigenvalue weighted by molar-refractivity contribution is 6.31. The van der Waals surface area contributed by atoms with Crippen LogP contribution < -0.4 is 5.32 Å². The molecule has 1 aromatic carbocycles. The van der Waals surface area contributed by atoms with Crippen LogP contribution in [0.2, 0.25) is 5.02 Å². The molecule has 0 bridgehead atoms. The monoisotopic (exact) mass is 244 g/mol. The molecule has 1 aliphatic carbocycles. The Kier molecular flexibility index (Phi) is 1.61. The lowest BCUT2D eigenvalue weighted by atomic mass is 9.75. The van der Waals surface area contributed by atoms with E-state index in [0.717, 1.165) is 0 Å². The third kappa shape index (κ3) is 1.76. The van der Waals surface area contributed by atoms with E-state index in [1.807, 2.05) is 0 Å². The lowest BCUT2D eigenvalue weighted by molar-refractivity contribution is -0.127. The molecule has 1 fully saturated rings. The largest absolute Gasteiger partial charge is 0.304 e. The second kappa shape index (κ2) is 4.56. The van der Waals surface area contributed by atoms with E-state index in [0.29, 0.717) is 0 Å². The van der Waals surface area contributed by atoms with Crippen LogP contribution in [0.25, 0.3) is 0 Å². The molecular formula is C13H16ClNO. The molecule has 86 valence electrons. The van der Waals surface area contributed by atoms with Crippen LogP contribution in [0.15, 0.2) is 24.3 Å². The van der Waals surface area contributed by atoms with Crippen LogP contribution in [-0.4, -0.2) is 12.8 Å². The number of halogens is 1. The molecule has 0 heterocycles. The van der Waals surface area contributed by atoms with Crippen molar-refractivity contribution in [3.8, 4) is 0 Å². The molecule has 0 aliphatic heterocycles. The molecule has 1 atom stereocenters. The number of hydrogen-bond donors (Lipinski definition) is 1. The fraction of sp³-hybridized carbons (Fsp3) is 0.462. The van der Waals surface area contributed by atoms with E-state index in [1.165, 1.54) is 18.2 Å². The average molecular weight is 245 g/mol. The Bertz CT molecular complexity index is 631. The number of likely N-dealkylation sites (N-methyl/N-ethyl adjacent to an activating group) is 1. The summed E-state index contributed by atoms with van der Waals surface area (Å²) in [6.07, 6.45) is -5.76. The van der Waals surface area contributed by atoms with E-state index < -0.39 is 43.9 Å². The molecule has 0 spiro atoms. The van der Waals surface area contributed by atoms with Crippen LogP contribution >= 0.6 is 11.6 Å². The molecular weight excluding hydrogens is 222 g/mol. The average Bonchev–Trinajstić information content (AvgIpc) is 2.31. The number of carbonyl (C=O) groups is 1. The van der Waals surface area contributed by atoms with Crippen LogP contribution in [0.3, 0.4) is 0 Å². The molecule has 1 aliphatic rings. The van der Waals surface area contributed by atoms with Crippen molar-refractivity contribution in [2.45, 2.75) is 31.1 Å². The zero-order valence-corrected chi connectivity index (χ0v) is 9.27. The number of rotatable bonds is 2. The van der Waals surface area contributed by atoms with Crippen molar-refractivity contribution in [3.05, 3.63) is 34.9 Å². The van der Waals surface area contributed by atoms with Crippen molar-refractivity contribution in [1.82, 2.24) is 5.32 Å². The molecule has 0 aromatic heterocycles. The second-order valence-electron chi connectivity index (χ2n) is 3.56. The van der Waals surface area contributed by atoms with Gasteiger partial charge in [-0.2, -0.15) is 0 Å². The van der Waals surface area contributed by atoms with Gasteiger partial charge in [0.25, 0.3) is 0 Å². The minimum atomic E-state index is -2.81. The fourth-order valence-corrected chi connectivity index (χ4v) is 2.07. The van der Waals surface area contributed by atoms with E-state index in [-0.39, 0.29) is 10.6 Å². The number of Topliss-reactive ketones (excluding diaryl/α,β-unsaturated/α-hetero) is 1. The van der Waals surface area contributed by atoms with Gasteiger partial charge in [-0.1, -0.05) is 36.2 Å². The first-order valence-electron chi connectivity index (χ1n) is 8.38. The Morgan fingerprint density at radius 2 is 2.38 bits per heavy atom. The first kappa shape index (κ1) is 5.65. The Morgan fingerprint density at radius 1 is 1.56 bits per heavy atom. The number of carbonyl (C=O) groups excluding carboxylic acids is 1. The summed E-state index contributed by atoms with van der Waals surface area (Å²) in [6.45, 7) is -2.81. The van der Waals surface area contributed by atoms with Gasteiger partial charge in [0, 0.05) is 21.0 Å². The zero-order valence-electron chi connectivity index (χ0n) is 15.5. The summed E-state index contributed by atoms with van der Waals surface area (Å²) in [5, 5.41) is 2.18. The third-order valence-electron chi connectivity index (χ3n) is 2.65. The molecule has 0 radical (unpaired) electrons. The third-order valence-corrected chi connectivity index (χ3v) is 2.98. The van der Waals surface area contributed by atoms with Gasteiger partial charge in [-0.3, -0.25) is 4.79 Å². The summed E-state index contributed by atoms with van der Waals surface area (Å²) in [5.74, 6) is -0.872. The van der Waals surface area contributed by atoms with Crippen LogP contribution in [-0.2, 0) is 10.3 Å². The summed E-state index contributed by atoms with van der Waals surface area (Å²) in [5.41, 5.74) is -2.23. The van der Waals surface area contributed by atoms with Crippen molar-refractivity contribution in [1.29, 1.82) is 0 Å². The van der Waals surface area contributed by atoms with Crippen LogP contribution in [0.4, 0.5) is 0 Å². The van der Waals surface area contributed by atoms with Gasteiger partial charge in [0.05, 0.1) is 0 Å². The quantitative estimate of drug-likeness (QED) is 0.867. The van der Waals surface area contributed by atoms with E-state index in [4.69, 9.17) is 21.2 Å². The molecule has 2 rings (SSSR count). The molecule has 0 saturated heterocycles. The van der Waals surface area contributed by atoms with Crippen molar-refractivity contribution < 1.29 is 14.4 Å². The minimum Gasteiger partial charge on any atom is -0.304 e. The summed E-state index contributed by atoms with van der Waals surface area (Å²) in [6, 6.07) is 5.93. The van der Waals surface area contributed by atoms with E-state index in [1.54, 1.807) is 6.07 Å². The lowest BCUT2D eigenvalue weighted by Crippen LogP contribution is -2.49. The maximum atomic E-state index is 12.7. The Hall–Kier alpha value is -0.860. The van der Waals surface area contributed by atoms with E-state index >= 15 is 0 Å². The Balaban J connectivity index is 2.73. The van der Waals surface area contributed by atoms with Gasteiger partial charge in [0.2, 0.25) is 0 Å². The molecule has 1 aromatic rings. The molecule has 3 heteroatoms. The van der Waals surface area contributed by atoms with Crippen molar-refractivity contribution in [2.75, 3.05) is 6.98 Å². The van der Waals surface area contributed by atoms with Crippen LogP contribution in [0.1, 0.15) is 40.7 Å². The number of ketones is 1. The minimum absolute atomic E-state index is 0.00305. The van der Waals surface area contributed by atoms with Crippen LogP contribution in [0, 0.1) is 0 Å². The van der Waals surface area contributed by atoms with Gasteiger partial charge in [0.1, 0.15) is 5.54 Å². The van der Waals surface area contributed by atoms with E-state index in [2.05, 4.69) is 5.32 Å². The maximum Gasteiger partial charge on any atom is 0.157 e. The normalized spacial score (nSPS) is 39.3. The van der Waals surface area contributed by atoms with Gasteiger partial charge in [0.15, 0.2) is 5.78 Å². The predicted octanol–water partition coefficient (Wildman–Crippen LogP) is 2.90. The number of nitrogens with one attached hydrogen (secondary N) is 1. The van der Waals surface area contributed by atoms with Crippen LogP contribution in [0.5, 0.6) is 0 Å². The Labute approximate surface area is 111 Å². The smallest absolute Gasteiger partial charge is 0.157 e. The number of hydrogen-bond acceptors (Lipinski definition) is 2. The van der Waals surface area contributed by atoms with Crippen molar-refractivity contribution in [2.24, 2.45) is 0 Å². The summed E-state index contributed by atoms with van der Waals surface area (Å²) in [4.78, 5) is 12.7. The van der Waals surface area contributed by atoms with Gasteiger partial charge < -0.3 is 5.32 Å². The Morgan fingerprint density at radius 3 is 3.06 bits per heavy atom. The summed E-state index contributed by atoms with van der Waals surface area (Å²) < 4.78 is 54.3. The molecule has 1 unspecified atom stereocenters.